The Bertz CT molecular complexity index is 247. The van der Waals surface area contributed by atoms with Gasteiger partial charge in [-0.05, 0) is 26.9 Å². The molecule has 0 saturated carbocycles. The van der Waals surface area contributed by atoms with Crippen LogP contribution in [0.1, 0.15) is 33.6 Å². The Morgan fingerprint density at radius 3 is 2.00 bits per heavy atom. The Morgan fingerprint density at radius 2 is 1.88 bits per heavy atom. The predicted molar refractivity (Wildman–Crippen MR) is 65.9 cm³/mol. The molecule has 0 N–H and O–H groups in total. The minimum atomic E-state index is -0.309. The summed E-state index contributed by atoms with van der Waals surface area (Å²) >= 11 is 0. The predicted octanol–water partition coefficient (Wildman–Crippen LogP) is -1.99. The molecular weight excluding hydrogens is 305 g/mol. The van der Waals surface area contributed by atoms with Gasteiger partial charge in [-0.15, -0.1) is 6.42 Å². The van der Waals surface area contributed by atoms with Gasteiger partial charge in [0.05, 0.1) is 0 Å². The van der Waals surface area contributed by atoms with Crippen LogP contribution in [-0.2, 0) is 21.7 Å². The van der Waals surface area contributed by atoms with Gasteiger partial charge in [0.25, 0.3) is 0 Å². The summed E-state index contributed by atoms with van der Waals surface area (Å²) in [5.74, 6) is 0. The molecule has 0 aromatic rings. The van der Waals surface area contributed by atoms with Crippen LogP contribution >= 0.6 is 0 Å². The van der Waals surface area contributed by atoms with Crippen LogP contribution in [-0.4, -0.2) is 14.6 Å². The van der Waals surface area contributed by atoms with Crippen molar-refractivity contribution in [3.8, 4) is 0 Å². The molecule has 0 atom stereocenters. The fourth-order valence-corrected chi connectivity index (χ4v) is 2.24. The SMILES string of the molecule is CC(C)N=[Si](C)C.CCC1=[C-]CC=C1.[Cl-].[Cl-].[Ti+3]. The molecule has 0 aromatic carbocycles. The number of hydrogen-bond donors (Lipinski definition) is 0. The van der Waals surface area contributed by atoms with Gasteiger partial charge < -0.3 is 29.4 Å². The first-order chi connectivity index (χ1) is 6.56. The van der Waals surface area contributed by atoms with E-state index in [9.17, 15) is 0 Å². The molecule has 5 heteroatoms. The smallest absolute Gasteiger partial charge is 1.00 e. The molecule has 1 radical (unpaired) electrons. The van der Waals surface area contributed by atoms with Crippen molar-refractivity contribution >= 4 is 8.59 Å². The van der Waals surface area contributed by atoms with Gasteiger partial charge in [0.1, 0.15) is 8.59 Å². The van der Waals surface area contributed by atoms with Gasteiger partial charge in [-0.2, -0.15) is 6.08 Å². The maximum absolute atomic E-state index is 4.38. The van der Waals surface area contributed by atoms with E-state index >= 15 is 0 Å². The number of hydrogen-bond acceptors (Lipinski definition) is 1. The minimum absolute atomic E-state index is 0. The molecule has 0 spiro atoms. The molecular formula is C12H22Cl2NSiTi. The van der Waals surface area contributed by atoms with Crippen molar-refractivity contribution in [1.82, 2.24) is 0 Å². The molecule has 1 nitrogen and oxygen atoms in total. The molecule has 0 heterocycles. The summed E-state index contributed by atoms with van der Waals surface area (Å²) in [6.07, 6.45) is 9.65. The second-order valence-electron chi connectivity index (χ2n) is 3.83. The maximum Gasteiger partial charge on any atom is 3.00 e. The number of nitrogens with zero attached hydrogens (tertiary/aromatic N) is 1. The summed E-state index contributed by atoms with van der Waals surface area (Å²) in [6, 6.07) is 0.545. The Kier molecular flexibility index (Phi) is 26.0. The Labute approximate surface area is 136 Å². The average molecular weight is 327 g/mol. The zero-order valence-electron chi connectivity index (χ0n) is 11.3. The summed E-state index contributed by atoms with van der Waals surface area (Å²) in [4.78, 5) is 0. The molecule has 17 heavy (non-hydrogen) atoms. The molecule has 0 saturated heterocycles. The van der Waals surface area contributed by atoms with E-state index in [4.69, 9.17) is 0 Å². The molecule has 1 aliphatic carbocycles. The van der Waals surface area contributed by atoms with Gasteiger partial charge in [-0.1, -0.05) is 13.3 Å². The van der Waals surface area contributed by atoms with E-state index in [1.807, 2.05) is 0 Å². The van der Waals surface area contributed by atoms with Crippen LogP contribution in [0.4, 0.5) is 0 Å². The summed E-state index contributed by atoms with van der Waals surface area (Å²) in [7, 11) is -0.309. The Morgan fingerprint density at radius 1 is 1.35 bits per heavy atom. The molecule has 1 rings (SSSR count). The number of allylic oxidation sites excluding steroid dienone is 4. The normalized spacial score (nSPS) is 11.1. The van der Waals surface area contributed by atoms with Gasteiger partial charge in [-0.3, -0.25) is 6.08 Å². The second-order valence-corrected chi connectivity index (χ2v) is 5.98. The van der Waals surface area contributed by atoms with Crippen molar-refractivity contribution in [3.63, 3.8) is 0 Å². The van der Waals surface area contributed by atoms with Gasteiger partial charge in [0.2, 0.25) is 0 Å². The van der Waals surface area contributed by atoms with Crippen molar-refractivity contribution in [1.29, 1.82) is 0 Å². The average Bonchev–Trinajstić information content (AvgIpc) is 2.53. The fraction of sp³-hybridized carbons (Fsp3) is 0.667. The van der Waals surface area contributed by atoms with Crippen molar-refractivity contribution in [2.24, 2.45) is 4.63 Å². The molecule has 0 bridgehead atoms. The summed E-state index contributed by atoms with van der Waals surface area (Å²) in [6.45, 7) is 10.8. The molecule has 97 valence electrons. The first-order valence-corrected chi connectivity index (χ1v) is 7.78. The molecule has 0 fully saturated rings. The first kappa shape index (κ1) is 26.4. The van der Waals surface area contributed by atoms with E-state index in [0.717, 1.165) is 12.8 Å². The zero-order chi connectivity index (χ0) is 11.0. The van der Waals surface area contributed by atoms with Crippen LogP contribution < -0.4 is 24.8 Å². The van der Waals surface area contributed by atoms with Gasteiger partial charge in [-0.25, -0.2) is 11.6 Å². The summed E-state index contributed by atoms with van der Waals surface area (Å²) in [5, 5.41) is 0. The third-order valence-electron chi connectivity index (χ3n) is 1.66. The monoisotopic (exact) mass is 326 g/mol. The largest absolute Gasteiger partial charge is 3.00 e. The van der Waals surface area contributed by atoms with Crippen molar-refractivity contribution in [3.05, 3.63) is 23.8 Å². The topological polar surface area (TPSA) is 12.4 Å². The van der Waals surface area contributed by atoms with Gasteiger partial charge in [0, 0.05) is 6.04 Å². The van der Waals surface area contributed by atoms with Gasteiger partial charge >= 0.3 is 21.7 Å². The number of rotatable bonds is 2. The molecule has 0 aromatic heterocycles. The second kappa shape index (κ2) is 16.8. The zero-order valence-corrected chi connectivity index (χ0v) is 15.4. The van der Waals surface area contributed by atoms with E-state index in [0.29, 0.717) is 6.04 Å². The molecule has 0 amide bonds. The Hall–Kier alpha value is 0.791. The van der Waals surface area contributed by atoms with Crippen LogP contribution in [0.15, 0.2) is 22.4 Å². The van der Waals surface area contributed by atoms with Crippen molar-refractivity contribution < 1.29 is 46.5 Å². The summed E-state index contributed by atoms with van der Waals surface area (Å²) in [5.41, 5.74) is 1.36. The van der Waals surface area contributed by atoms with E-state index in [1.54, 1.807) is 0 Å². The molecule has 0 unspecified atom stereocenters. The van der Waals surface area contributed by atoms with Gasteiger partial charge in [0.15, 0.2) is 0 Å². The number of halogens is 2. The van der Waals surface area contributed by atoms with Crippen molar-refractivity contribution in [2.45, 2.75) is 52.7 Å². The van der Waals surface area contributed by atoms with E-state index < -0.39 is 0 Å². The van der Waals surface area contributed by atoms with Crippen LogP contribution in [0.2, 0.25) is 13.1 Å². The van der Waals surface area contributed by atoms with E-state index in [-0.39, 0.29) is 55.1 Å². The van der Waals surface area contributed by atoms with Crippen LogP contribution in [0, 0.1) is 6.08 Å². The van der Waals surface area contributed by atoms with Crippen molar-refractivity contribution in [2.75, 3.05) is 0 Å². The van der Waals surface area contributed by atoms with E-state index in [1.165, 1.54) is 5.57 Å². The fourth-order valence-electron chi connectivity index (χ4n) is 1.21. The Balaban J connectivity index is -0.0000000845. The van der Waals surface area contributed by atoms with Crippen LogP contribution in [0.25, 0.3) is 0 Å². The third kappa shape index (κ3) is 19.3. The summed E-state index contributed by atoms with van der Waals surface area (Å²) < 4.78 is 4.38. The molecule has 0 aliphatic heterocycles. The third-order valence-corrected chi connectivity index (χ3v) is 2.70. The minimum Gasteiger partial charge on any atom is -1.00 e. The van der Waals surface area contributed by atoms with Crippen LogP contribution in [0.3, 0.4) is 0 Å². The first-order valence-electron chi connectivity index (χ1n) is 5.33. The van der Waals surface area contributed by atoms with Crippen LogP contribution in [0.5, 0.6) is 0 Å². The standard InChI is InChI=1S/C7H9.C5H13NSi.2ClH.Ti/c1-2-7-5-3-4-6-7;1-5(2)6-7(3)4;;;/h3,5H,2,4H2,1H3;5H,1-4H3;2*1H;/q-1;;;;+3/p-2. The maximum atomic E-state index is 4.38. The van der Waals surface area contributed by atoms with E-state index in [2.05, 4.69) is 56.7 Å². The quantitative estimate of drug-likeness (QED) is 0.411. The molecule has 1 aliphatic rings.